The number of hydrogen-bond donors (Lipinski definition) is 0. The predicted octanol–water partition coefficient (Wildman–Crippen LogP) is 4.23. The number of carbonyl (C=O) groups excluding carboxylic acids is 2. The van der Waals surface area contributed by atoms with Gasteiger partial charge in [-0.2, -0.15) is 0 Å². The highest BCUT2D eigenvalue weighted by Gasteiger charge is 2.36. The van der Waals surface area contributed by atoms with Crippen LogP contribution in [-0.2, 0) is 4.79 Å². The Morgan fingerprint density at radius 3 is 2.15 bits per heavy atom. The number of halogens is 1. The number of rotatable bonds is 2. The molecule has 0 N–H and O–H groups in total. The van der Waals surface area contributed by atoms with Gasteiger partial charge in [0.05, 0.1) is 0 Å². The third-order valence-electron chi connectivity index (χ3n) is 6.83. The molecule has 1 aliphatic carbocycles. The van der Waals surface area contributed by atoms with E-state index in [1.165, 1.54) is 32.1 Å². The van der Waals surface area contributed by atoms with Crippen LogP contribution in [0.15, 0.2) is 24.3 Å². The van der Waals surface area contributed by atoms with E-state index in [2.05, 4.69) is 4.90 Å². The molecule has 0 aromatic heterocycles. The summed E-state index contributed by atoms with van der Waals surface area (Å²) in [6.45, 7) is 3.23. The van der Waals surface area contributed by atoms with Crippen molar-refractivity contribution in [3.63, 3.8) is 0 Å². The molecule has 2 saturated heterocycles. The smallest absolute Gasteiger partial charge is 0.253 e. The molecule has 0 unspecified atom stereocenters. The van der Waals surface area contributed by atoms with E-state index in [4.69, 9.17) is 11.6 Å². The van der Waals surface area contributed by atoms with E-state index in [9.17, 15) is 9.59 Å². The SMILES string of the molecule is O=C(c1ccc(Cl)cc1)N1CCC(C(=O)N2CC[C@H]3CCCC[C@H]3C2)CC1. The highest BCUT2D eigenvalue weighted by Crippen LogP contribution is 2.37. The normalized spacial score (nSPS) is 26.6. The van der Waals surface area contributed by atoms with Crippen molar-refractivity contribution in [2.45, 2.75) is 44.9 Å². The van der Waals surface area contributed by atoms with Crippen LogP contribution in [0, 0.1) is 17.8 Å². The molecule has 3 aliphatic rings. The standard InChI is InChI=1S/C22H29ClN2O2/c23-20-7-5-17(6-8-20)21(26)24-12-10-18(11-13-24)22(27)25-14-9-16-3-1-2-4-19(16)15-25/h5-8,16,18-19H,1-4,9-15H2/t16-,19+/m1/s1. The van der Waals surface area contributed by atoms with Crippen molar-refractivity contribution in [2.24, 2.45) is 17.8 Å². The van der Waals surface area contributed by atoms with E-state index in [1.807, 2.05) is 4.90 Å². The molecule has 0 bridgehead atoms. The lowest BCUT2D eigenvalue weighted by atomic mass is 9.75. The monoisotopic (exact) mass is 388 g/mol. The molecule has 2 atom stereocenters. The van der Waals surface area contributed by atoms with Gasteiger partial charge < -0.3 is 9.80 Å². The van der Waals surface area contributed by atoms with Crippen molar-refractivity contribution in [1.82, 2.24) is 9.80 Å². The number of benzene rings is 1. The first-order valence-electron chi connectivity index (χ1n) is 10.5. The van der Waals surface area contributed by atoms with E-state index in [0.29, 0.717) is 29.6 Å². The third-order valence-corrected chi connectivity index (χ3v) is 7.08. The average molecular weight is 389 g/mol. The number of likely N-dealkylation sites (tertiary alicyclic amines) is 2. The molecule has 1 aromatic carbocycles. The lowest BCUT2D eigenvalue weighted by Gasteiger charge is -2.43. The molecule has 1 aromatic rings. The average Bonchev–Trinajstić information content (AvgIpc) is 2.73. The van der Waals surface area contributed by atoms with E-state index >= 15 is 0 Å². The highest BCUT2D eigenvalue weighted by atomic mass is 35.5. The number of nitrogens with zero attached hydrogens (tertiary/aromatic N) is 2. The summed E-state index contributed by atoms with van der Waals surface area (Å²) in [4.78, 5) is 29.7. The number of hydrogen-bond acceptors (Lipinski definition) is 2. The molecular formula is C22H29ClN2O2. The quantitative estimate of drug-likeness (QED) is 0.760. The molecule has 2 aliphatic heterocycles. The Morgan fingerprint density at radius 2 is 1.44 bits per heavy atom. The summed E-state index contributed by atoms with van der Waals surface area (Å²) >= 11 is 5.91. The highest BCUT2D eigenvalue weighted by molar-refractivity contribution is 6.30. The summed E-state index contributed by atoms with van der Waals surface area (Å²) in [7, 11) is 0. The first-order chi connectivity index (χ1) is 13.1. The van der Waals surface area contributed by atoms with Gasteiger partial charge >= 0.3 is 0 Å². The molecule has 4 nitrogen and oxygen atoms in total. The largest absolute Gasteiger partial charge is 0.342 e. The van der Waals surface area contributed by atoms with Gasteiger partial charge in [-0.25, -0.2) is 0 Å². The Balaban J connectivity index is 1.30. The van der Waals surface area contributed by atoms with Gasteiger partial charge in [0.25, 0.3) is 5.91 Å². The Morgan fingerprint density at radius 1 is 0.815 bits per heavy atom. The summed E-state index contributed by atoms with van der Waals surface area (Å²) in [5.41, 5.74) is 0.670. The first kappa shape index (κ1) is 18.8. The van der Waals surface area contributed by atoms with Gasteiger partial charge in [0.1, 0.15) is 0 Å². The molecule has 146 valence electrons. The molecule has 0 radical (unpaired) electrons. The molecule has 3 fully saturated rings. The van der Waals surface area contributed by atoms with Crippen LogP contribution in [0.4, 0.5) is 0 Å². The Bertz CT molecular complexity index is 682. The number of fused-ring (bicyclic) bond motifs is 1. The first-order valence-corrected chi connectivity index (χ1v) is 10.8. The second-order valence-corrected chi connectivity index (χ2v) is 8.89. The van der Waals surface area contributed by atoms with Crippen LogP contribution in [-0.4, -0.2) is 47.8 Å². The minimum absolute atomic E-state index is 0.0422. The molecule has 1 saturated carbocycles. The summed E-state index contributed by atoms with van der Waals surface area (Å²) in [5.74, 6) is 2.03. The second-order valence-electron chi connectivity index (χ2n) is 8.45. The predicted molar refractivity (Wildman–Crippen MR) is 107 cm³/mol. The maximum Gasteiger partial charge on any atom is 0.253 e. The van der Waals surface area contributed by atoms with E-state index < -0.39 is 0 Å². The summed E-state index contributed by atoms with van der Waals surface area (Å²) in [6.07, 6.45) is 8.10. The van der Waals surface area contributed by atoms with Crippen LogP contribution < -0.4 is 0 Å². The van der Waals surface area contributed by atoms with Gasteiger partial charge in [0.15, 0.2) is 0 Å². The van der Waals surface area contributed by atoms with Gasteiger partial charge in [-0.3, -0.25) is 9.59 Å². The van der Waals surface area contributed by atoms with Crippen molar-refractivity contribution in [3.05, 3.63) is 34.9 Å². The van der Waals surface area contributed by atoms with Crippen molar-refractivity contribution in [2.75, 3.05) is 26.2 Å². The minimum atomic E-state index is 0.0422. The minimum Gasteiger partial charge on any atom is -0.342 e. The Labute approximate surface area is 166 Å². The maximum atomic E-state index is 13.0. The van der Waals surface area contributed by atoms with E-state index in [1.54, 1.807) is 24.3 Å². The Kier molecular flexibility index (Phi) is 5.72. The van der Waals surface area contributed by atoms with Crippen LogP contribution in [0.5, 0.6) is 0 Å². The topological polar surface area (TPSA) is 40.6 Å². The summed E-state index contributed by atoms with van der Waals surface area (Å²) < 4.78 is 0. The lowest BCUT2D eigenvalue weighted by molar-refractivity contribution is -0.140. The summed E-state index contributed by atoms with van der Waals surface area (Å²) in [5, 5.41) is 0.637. The molecule has 0 spiro atoms. The van der Waals surface area contributed by atoms with Crippen LogP contribution >= 0.6 is 11.6 Å². The fraction of sp³-hybridized carbons (Fsp3) is 0.636. The Hall–Kier alpha value is -1.55. The zero-order valence-corrected chi connectivity index (χ0v) is 16.7. The lowest BCUT2D eigenvalue weighted by Crippen LogP contribution is -2.49. The van der Waals surface area contributed by atoms with Crippen molar-refractivity contribution < 1.29 is 9.59 Å². The molecule has 2 heterocycles. The van der Waals surface area contributed by atoms with Crippen LogP contribution in [0.3, 0.4) is 0 Å². The van der Waals surface area contributed by atoms with Gasteiger partial charge in [-0.1, -0.05) is 30.9 Å². The van der Waals surface area contributed by atoms with E-state index in [0.717, 1.165) is 37.8 Å². The van der Waals surface area contributed by atoms with Crippen molar-refractivity contribution in [1.29, 1.82) is 0 Å². The van der Waals surface area contributed by atoms with E-state index in [-0.39, 0.29) is 11.8 Å². The second kappa shape index (κ2) is 8.22. The van der Waals surface area contributed by atoms with Gasteiger partial charge in [-0.05, 0) is 61.8 Å². The fourth-order valence-corrected chi connectivity index (χ4v) is 5.29. The number of carbonyl (C=O) groups is 2. The number of piperidine rings is 2. The zero-order valence-electron chi connectivity index (χ0n) is 15.9. The summed E-state index contributed by atoms with van der Waals surface area (Å²) in [6, 6.07) is 7.05. The van der Waals surface area contributed by atoms with Gasteiger partial charge in [-0.15, -0.1) is 0 Å². The third kappa shape index (κ3) is 4.16. The molecule has 2 amide bonds. The van der Waals surface area contributed by atoms with Crippen LogP contribution in [0.2, 0.25) is 5.02 Å². The zero-order chi connectivity index (χ0) is 18.8. The molecular weight excluding hydrogens is 360 g/mol. The van der Waals surface area contributed by atoms with Gasteiger partial charge in [0, 0.05) is 42.7 Å². The van der Waals surface area contributed by atoms with Crippen molar-refractivity contribution >= 4 is 23.4 Å². The molecule has 5 heteroatoms. The molecule has 27 heavy (non-hydrogen) atoms. The van der Waals surface area contributed by atoms with Crippen LogP contribution in [0.1, 0.15) is 55.3 Å². The van der Waals surface area contributed by atoms with Gasteiger partial charge in [0.2, 0.25) is 5.91 Å². The van der Waals surface area contributed by atoms with Crippen molar-refractivity contribution in [3.8, 4) is 0 Å². The fourth-order valence-electron chi connectivity index (χ4n) is 5.16. The van der Waals surface area contributed by atoms with Crippen LogP contribution in [0.25, 0.3) is 0 Å². The number of amides is 2. The molecule has 4 rings (SSSR count). The maximum absolute atomic E-state index is 13.0.